The van der Waals surface area contributed by atoms with Crippen LogP contribution in [-0.2, 0) is 6.54 Å². The maximum absolute atomic E-state index is 12.5. The van der Waals surface area contributed by atoms with Gasteiger partial charge in [-0.3, -0.25) is 4.79 Å². The molecule has 0 fully saturated rings. The second-order valence-corrected chi connectivity index (χ2v) is 5.00. The van der Waals surface area contributed by atoms with Crippen LogP contribution in [0.25, 0.3) is 0 Å². The topological polar surface area (TPSA) is 54.3 Å². The summed E-state index contributed by atoms with van der Waals surface area (Å²) in [4.78, 5) is 12.1. The molecule has 0 radical (unpaired) electrons. The van der Waals surface area contributed by atoms with Gasteiger partial charge in [-0.1, -0.05) is 6.92 Å². The molecule has 4 nitrogen and oxygen atoms in total. The van der Waals surface area contributed by atoms with E-state index in [0.29, 0.717) is 17.8 Å². The molecule has 0 aromatic carbocycles. The Balaban J connectivity index is 2.94. The van der Waals surface area contributed by atoms with Crippen LogP contribution in [0.4, 0.5) is 13.2 Å². The predicted octanol–water partition coefficient (Wildman–Crippen LogP) is 2.56. The molecule has 2 N–H and O–H groups in total. The van der Waals surface area contributed by atoms with E-state index in [4.69, 9.17) is 0 Å². The van der Waals surface area contributed by atoms with Gasteiger partial charge in [0.25, 0.3) is 5.91 Å². The van der Waals surface area contributed by atoms with Gasteiger partial charge < -0.3 is 15.0 Å². The number of amides is 1. The number of carbonyl (C=O) groups excluding carboxylic acids is 1. The molecule has 0 saturated heterocycles. The van der Waals surface area contributed by atoms with E-state index in [9.17, 15) is 23.1 Å². The monoisotopic (exact) mass is 306 g/mol. The van der Waals surface area contributed by atoms with E-state index < -0.39 is 24.2 Å². The number of hydrogen-bond acceptors (Lipinski definition) is 2. The minimum Gasteiger partial charge on any atom is -0.382 e. The first-order chi connectivity index (χ1) is 9.63. The highest BCUT2D eigenvalue weighted by atomic mass is 19.4. The fourth-order valence-electron chi connectivity index (χ4n) is 2.40. The first-order valence-corrected chi connectivity index (χ1v) is 6.85. The van der Waals surface area contributed by atoms with Crippen LogP contribution in [0.2, 0.25) is 0 Å². The molecule has 1 aromatic heterocycles. The zero-order valence-electron chi connectivity index (χ0n) is 12.6. The van der Waals surface area contributed by atoms with Gasteiger partial charge in [0.15, 0.2) is 6.10 Å². The molecule has 1 aromatic rings. The van der Waals surface area contributed by atoms with Gasteiger partial charge in [0.1, 0.15) is 0 Å². The molecule has 120 valence electrons. The van der Waals surface area contributed by atoms with E-state index >= 15 is 0 Å². The van der Waals surface area contributed by atoms with Gasteiger partial charge in [0.05, 0.1) is 11.6 Å². The first kappa shape index (κ1) is 17.6. The molecule has 1 rings (SSSR count). The summed E-state index contributed by atoms with van der Waals surface area (Å²) < 4.78 is 39.5. The molecule has 7 heteroatoms. The van der Waals surface area contributed by atoms with Gasteiger partial charge in [-0.2, -0.15) is 13.2 Å². The van der Waals surface area contributed by atoms with Crippen molar-refractivity contribution < 1.29 is 23.1 Å². The van der Waals surface area contributed by atoms with Gasteiger partial charge in [0.2, 0.25) is 0 Å². The normalized spacial score (nSPS) is 14.9. The van der Waals surface area contributed by atoms with Crippen molar-refractivity contribution in [3.05, 3.63) is 23.0 Å². The Bertz CT molecular complexity index is 509. The van der Waals surface area contributed by atoms with Crippen molar-refractivity contribution in [2.24, 2.45) is 0 Å². The summed E-state index contributed by atoms with van der Waals surface area (Å²) in [5, 5.41) is 11.5. The SMILES string of the molecule is CCC(NC(=O)c1cc(C)n(CC)c1C)C(O)C(F)(F)F. The lowest BCUT2D eigenvalue weighted by Gasteiger charge is -2.24. The number of nitrogens with zero attached hydrogens (tertiary/aromatic N) is 1. The van der Waals surface area contributed by atoms with Crippen LogP contribution in [-0.4, -0.2) is 33.9 Å². The van der Waals surface area contributed by atoms with E-state index in [1.54, 1.807) is 13.0 Å². The summed E-state index contributed by atoms with van der Waals surface area (Å²) in [5.74, 6) is -0.599. The number of alkyl halides is 3. The minimum atomic E-state index is -4.76. The van der Waals surface area contributed by atoms with Gasteiger partial charge in [-0.25, -0.2) is 0 Å². The van der Waals surface area contributed by atoms with Crippen LogP contribution < -0.4 is 5.32 Å². The quantitative estimate of drug-likeness (QED) is 0.878. The maximum atomic E-state index is 12.5. The Morgan fingerprint density at radius 3 is 2.33 bits per heavy atom. The molecule has 1 heterocycles. The van der Waals surface area contributed by atoms with Crippen molar-refractivity contribution in [1.29, 1.82) is 0 Å². The van der Waals surface area contributed by atoms with Crippen molar-refractivity contribution >= 4 is 5.91 Å². The van der Waals surface area contributed by atoms with Crippen LogP contribution in [0, 0.1) is 13.8 Å². The highest BCUT2D eigenvalue weighted by Crippen LogP contribution is 2.24. The first-order valence-electron chi connectivity index (χ1n) is 6.85. The highest BCUT2D eigenvalue weighted by Gasteiger charge is 2.43. The van der Waals surface area contributed by atoms with Crippen molar-refractivity contribution in [3.63, 3.8) is 0 Å². The molecule has 0 aliphatic rings. The van der Waals surface area contributed by atoms with Crippen molar-refractivity contribution in [1.82, 2.24) is 9.88 Å². The molecule has 0 aliphatic carbocycles. The third-order valence-corrected chi connectivity index (χ3v) is 3.61. The zero-order valence-corrected chi connectivity index (χ0v) is 12.6. The Morgan fingerprint density at radius 2 is 1.95 bits per heavy atom. The number of halogens is 3. The summed E-state index contributed by atoms with van der Waals surface area (Å²) in [5.41, 5.74) is 1.90. The Labute approximate surface area is 122 Å². The van der Waals surface area contributed by atoms with E-state index in [1.807, 2.05) is 18.4 Å². The molecule has 0 aliphatic heterocycles. The predicted molar refractivity (Wildman–Crippen MR) is 73.2 cm³/mol. The number of rotatable bonds is 5. The van der Waals surface area contributed by atoms with Gasteiger partial charge in [-0.15, -0.1) is 0 Å². The summed E-state index contributed by atoms with van der Waals surface area (Å²) in [6.07, 6.45) is -7.34. The number of aliphatic hydroxyl groups excluding tert-OH is 1. The molecule has 0 saturated carbocycles. The third kappa shape index (κ3) is 3.78. The Kier molecular flexibility index (Phi) is 5.44. The molecular weight excluding hydrogens is 285 g/mol. The maximum Gasteiger partial charge on any atom is 0.416 e. The Hall–Kier alpha value is -1.50. The van der Waals surface area contributed by atoms with E-state index in [1.165, 1.54) is 6.92 Å². The van der Waals surface area contributed by atoms with Gasteiger partial charge >= 0.3 is 6.18 Å². The average molecular weight is 306 g/mol. The van der Waals surface area contributed by atoms with Gasteiger partial charge in [-0.05, 0) is 33.3 Å². The number of aryl methyl sites for hydroxylation is 1. The summed E-state index contributed by atoms with van der Waals surface area (Å²) in [6, 6.07) is 0.281. The molecule has 21 heavy (non-hydrogen) atoms. The van der Waals surface area contributed by atoms with Crippen LogP contribution in [0.5, 0.6) is 0 Å². The standard InChI is InChI=1S/C14H21F3N2O2/c1-5-11(12(20)14(15,16)17)18-13(21)10-7-8(3)19(6-2)9(10)4/h7,11-12,20H,5-6H2,1-4H3,(H,18,21). The third-order valence-electron chi connectivity index (χ3n) is 3.61. The molecule has 2 atom stereocenters. The molecule has 0 bridgehead atoms. The fraction of sp³-hybridized carbons (Fsp3) is 0.643. The molecule has 0 spiro atoms. The number of aromatic nitrogens is 1. The van der Waals surface area contributed by atoms with E-state index in [-0.39, 0.29) is 6.42 Å². The van der Waals surface area contributed by atoms with Crippen LogP contribution >= 0.6 is 0 Å². The largest absolute Gasteiger partial charge is 0.416 e. The molecular formula is C14H21F3N2O2. The van der Waals surface area contributed by atoms with Crippen molar-refractivity contribution in [3.8, 4) is 0 Å². The lowest BCUT2D eigenvalue weighted by molar-refractivity contribution is -0.211. The van der Waals surface area contributed by atoms with E-state index in [2.05, 4.69) is 5.32 Å². The van der Waals surface area contributed by atoms with Crippen molar-refractivity contribution in [2.45, 2.75) is 59.0 Å². The smallest absolute Gasteiger partial charge is 0.382 e. The second kappa shape index (κ2) is 6.51. The second-order valence-electron chi connectivity index (χ2n) is 5.00. The fourth-order valence-corrected chi connectivity index (χ4v) is 2.40. The molecule has 2 unspecified atom stereocenters. The zero-order chi connectivity index (χ0) is 16.4. The summed E-state index contributed by atoms with van der Waals surface area (Å²) >= 11 is 0. The van der Waals surface area contributed by atoms with Crippen molar-refractivity contribution in [2.75, 3.05) is 0 Å². The summed E-state index contributed by atoms with van der Waals surface area (Å²) in [7, 11) is 0. The average Bonchev–Trinajstić information content (AvgIpc) is 2.68. The lowest BCUT2D eigenvalue weighted by Crippen LogP contribution is -2.49. The van der Waals surface area contributed by atoms with E-state index in [0.717, 1.165) is 5.69 Å². The Morgan fingerprint density at radius 1 is 1.38 bits per heavy atom. The summed E-state index contributed by atoms with van der Waals surface area (Å²) in [6.45, 7) is 7.65. The number of carbonyl (C=O) groups is 1. The van der Waals surface area contributed by atoms with Gasteiger partial charge in [0, 0.05) is 17.9 Å². The van der Waals surface area contributed by atoms with Crippen LogP contribution in [0.15, 0.2) is 6.07 Å². The van der Waals surface area contributed by atoms with Crippen LogP contribution in [0.3, 0.4) is 0 Å². The minimum absolute atomic E-state index is 0.0149. The van der Waals surface area contributed by atoms with Crippen LogP contribution in [0.1, 0.15) is 42.0 Å². The number of nitrogens with one attached hydrogen (secondary N) is 1. The number of hydrogen-bond donors (Lipinski definition) is 2. The molecule has 1 amide bonds. The highest BCUT2D eigenvalue weighted by molar-refractivity contribution is 5.95. The lowest BCUT2D eigenvalue weighted by atomic mass is 10.1. The number of aliphatic hydroxyl groups is 1.